The lowest BCUT2D eigenvalue weighted by molar-refractivity contribution is -0.144. The maximum atomic E-state index is 12.1. The molecule has 1 aromatic rings. The maximum Gasteiger partial charge on any atom is 0.417 e. The minimum Gasteiger partial charge on any atom is -0.480 e. The van der Waals surface area contributed by atoms with Crippen LogP contribution in [0.1, 0.15) is 18.4 Å². The number of aliphatic carboxylic acids is 1. The third-order valence-corrected chi connectivity index (χ3v) is 3.00. The van der Waals surface area contributed by atoms with E-state index in [2.05, 4.69) is 0 Å². The zero-order valence-electron chi connectivity index (χ0n) is 12.9. The molecule has 0 saturated carbocycles. The van der Waals surface area contributed by atoms with E-state index in [1.54, 1.807) is 30.3 Å². The van der Waals surface area contributed by atoms with Gasteiger partial charge in [0.2, 0.25) is 11.8 Å². The molecule has 1 unspecified atom stereocenters. The van der Waals surface area contributed by atoms with Crippen LogP contribution < -0.4 is 11.5 Å². The van der Waals surface area contributed by atoms with Crippen molar-refractivity contribution < 1.29 is 29.0 Å². The Morgan fingerprint density at radius 1 is 1.17 bits per heavy atom. The van der Waals surface area contributed by atoms with Crippen LogP contribution >= 0.6 is 0 Å². The third-order valence-electron chi connectivity index (χ3n) is 3.00. The molecule has 1 aromatic carbocycles. The van der Waals surface area contributed by atoms with E-state index in [9.17, 15) is 19.2 Å². The largest absolute Gasteiger partial charge is 0.480 e. The van der Waals surface area contributed by atoms with Gasteiger partial charge in [0.05, 0.1) is 6.04 Å². The zero-order chi connectivity index (χ0) is 18.1. The summed E-state index contributed by atoms with van der Waals surface area (Å²) >= 11 is 0. The third kappa shape index (κ3) is 6.44. The molecule has 0 heterocycles. The van der Waals surface area contributed by atoms with Crippen molar-refractivity contribution in [2.24, 2.45) is 11.5 Å². The molecule has 24 heavy (non-hydrogen) atoms. The molecule has 9 heteroatoms. The second-order valence-corrected chi connectivity index (χ2v) is 4.97. The van der Waals surface area contributed by atoms with Gasteiger partial charge in [0.25, 0.3) is 0 Å². The molecule has 0 aliphatic carbocycles. The van der Waals surface area contributed by atoms with Crippen molar-refractivity contribution >= 4 is 23.9 Å². The Morgan fingerprint density at radius 2 is 1.79 bits per heavy atom. The van der Waals surface area contributed by atoms with E-state index in [0.717, 1.165) is 0 Å². The number of nitrogens with zero attached hydrogens (tertiary/aromatic N) is 1. The quantitative estimate of drug-likeness (QED) is 0.595. The molecular formula is C15H19N3O6. The number of imide groups is 1. The van der Waals surface area contributed by atoms with Gasteiger partial charge in [-0.2, -0.15) is 0 Å². The Bertz CT molecular complexity index is 604. The maximum absolute atomic E-state index is 12.1. The number of hydrogen-bond donors (Lipinski definition) is 3. The van der Waals surface area contributed by atoms with Gasteiger partial charge in [-0.25, -0.2) is 9.69 Å². The first-order valence-electron chi connectivity index (χ1n) is 7.09. The van der Waals surface area contributed by atoms with Crippen LogP contribution in [0.25, 0.3) is 0 Å². The fourth-order valence-corrected chi connectivity index (χ4v) is 1.79. The molecule has 0 radical (unpaired) electrons. The van der Waals surface area contributed by atoms with Gasteiger partial charge in [-0.3, -0.25) is 14.4 Å². The number of primary amides is 1. The van der Waals surface area contributed by atoms with Gasteiger partial charge in [-0.05, 0) is 12.0 Å². The molecule has 0 aromatic heterocycles. The van der Waals surface area contributed by atoms with Crippen molar-refractivity contribution in [2.75, 3.05) is 6.54 Å². The average Bonchev–Trinajstić information content (AvgIpc) is 2.55. The van der Waals surface area contributed by atoms with Crippen LogP contribution in [0.4, 0.5) is 4.79 Å². The topological polar surface area (TPSA) is 153 Å². The Hall–Kier alpha value is -2.94. The zero-order valence-corrected chi connectivity index (χ0v) is 12.9. The number of hydrogen-bond acceptors (Lipinski definition) is 6. The number of ether oxygens (including phenoxy) is 1. The number of carboxylic acids is 1. The summed E-state index contributed by atoms with van der Waals surface area (Å²) in [5.74, 6) is -3.01. The molecule has 1 atom stereocenters. The number of nitrogens with two attached hydrogens (primary N) is 2. The highest BCUT2D eigenvalue weighted by atomic mass is 16.6. The van der Waals surface area contributed by atoms with E-state index in [-0.39, 0.29) is 19.4 Å². The van der Waals surface area contributed by atoms with E-state index in [0.29, 0.717) is 10.5 Å². The number of rotatable bonds is 8. The van der Waals surface area contributed by atoms with Gasteiger partial charge in [0, 0.05) is 6.42 Å². The minimum absolute atomic E-state index is 0.101. The summed E-state index contributed by atoms with van der Waals surface area (Å²) in [5.41, 5.74) is 11.2. The van der Waals surface area contributed by atoms with Gasteiger partial charge in [0.1, 0.15) is 13.2 Å². The normalized spacial score (nSPS) is 11.4. The van der Waals surface area contributed by atoms with Crippen LogP contribution in [0.2, 0.25) is 0 Å². The molecular weight excluding hydrogens is 318 g/mol. The number of amides is 3. The van der Waals surface area contributed by atoms with Crippen molar-refractivity contribution in [3.05, 3.63) is 35.9 Å². The summed E-state index contributed by atoms with van der Waals surface area (Å²) in [6.07, 6.45) is -1.39. The first kappa shape index (κ1) is 19.1. The first-order chi connectivity index (χ1) is 11.3. The van der Waals surface area contributed by atoms with E-state index >= 15 is 0 Å². The number of carbonyl (C=O) groups is 4. The van der Waals surface area contributed by atoms with Crippen molar-refractivity contribution in [3.8, 4) is 0 Å². The van der Waals surface area contributed by atoms with Crippen LogP contribution in [-0.4, -0.2) is 46.5 Å². The van der Waals surface area contributed by atoms with Crippen LogP contribution in [-0.2, 0) is 25.7 Å². The van der Waals surface area contributed by atoms with Crippen molar-refractivity contribution in [3.63, 3.8) is 0 Å². The fraction of sp³-hybridized carbons (Fsp3) is 0.333. The van der Waals surface area contributed by atoms with E-state index in [1.165, 1.54) is 0 Å². The Labute approximate surface area is 138 Å². The second-order valence-electron chi connectivity index (χ2n) is 4.97. The highest BCUT2D eigenvalue weighted by molar-refractivity contribution is 5.97. The second kappa shape index (κ2) is 9.26. The average molecular weight is 337 g/mol. The lowest BCUT2D eigenvalue weighted by Gasteiger charge is -2.21. The van der Waals surface area contributed by atoms with Gasteiger partial charge in [0.15, 0.2) is 0 Å². The lowest BCUT2D eigenvalue weighted by Crippen LogP contribution is -2.49. The highest BCUT2D eigenvalue weighted by Crippen LogP contribution is 2.06. The van der Waals surface area contributed by atoms with E-state index < -0.39 is 36.5 Å². The monoisotopic (exact) mass is 337 g/mol. The predicted octanol–water partition coefficient (Wildman–Crippen LogP) is -0.171. The van der Waals surface area contributed by atoms with Crippen LogP contribution in [0.15, 0.2) is 30.3 Å². The Morgan fingerprint density at radius 3 is 2.33 bits per heavy atom. The van der Waals surface area contributed by atoms with E-state index in [4.69, 9.17) is 21.3 Å². The molecule has 0 spiro atoms. The standard InChI is InChI=1S/C15H19N3O6/c16-11(6-7-12(17)19)14(22)18(8-13(20)21)15(23)24-9-10-4-2-1-3-5-10/h1-5,11H,6-9,16H2,(H2,17,19)(H,20,21). The number of carbonyl (C=O) groups excluding carboxylic acids is 3. The van der Waals surface area contributed by atoms with Crippen LogP contribution in [0.5, 0.6) is 0 Å². The van der Waals surface area contributed by atoms with Crippen LogP contribution in [0, 0.1) is 0 Å². The van der Waals surface area contributed by atoms with Gasteiger partial charge >= 0.3 is 12.1 Å². The van der Waals surface area contributed by atoms with Crippen molar-refractivity contribution in [1.82, 2.24) is 4.90 Å². The molecule has 0 bridgehead atoms. The molecule has 0 aliphatic heterocycles. The summed E-state index contributed by atoms with van der Waals surface area (Å²) in [6.45, 7) is -1.02. The molecule has 0 fully saturated rings. The molecule has 0 saturated heterocycles. The summed E-state index contributed by atoms with van der Waals surface area (Å²) in [5, 5.41) is 8.85. The number of carboxylic acid groups (broad SMARTS) is 1. The summed E-state index contributed by atoms with van der Waals surface area (Å²) in [7, 11) is 0. The molecule has 130 valence electrons. The lowest BCUT2D eigenvalue weighted by atomic mass is 10.1. The number of benzene rings is 1. The smallest absolute Gasteiger partial charge is 0.417 e. The summed E-state index contributed by atoms with van der Waals surface area (Å²) in [6, 6.07) is 7.43. The molecule has 9 nitrogen and oxygen atoms in total. The van der Waals surface area contributed by atoms with E-state index in [1.807, 2.05) is 0 Å². The molecule has 1 rings (SSSR count). The molecule has 0 aliphatic rings. The molecule has 5 N–H and O–H groups in total. The SMILES string of the molecule is NC(=O)CCC(N)C(=O)N(CC(=O)O)C(=O)OCc1ccccc1. The summed E-state index contributed by atoms with van der Waals surface area (Å²) < 4.78 is 4.94. The van der Waals surface area contributed by atoms with Crippen molar-refractivity contribution in [1.29, 1.82) is 0 Å². The Kier molecular flexibility index (Phi) is 7.37. The Balaban J connectivity index is 2.71. The molecule has 3 amide bonds. The predicted molar refractivity (Wildman–Crippen MR) is 82.4 cm³/mol. The first-order valence-corrected chi connectivity index (χ1v) is 7.09. The van der Waals surface area contributed by atoms with Gasteiger partial charge in [-0.15, -0.1) is 0 Å². The highest BCUT2D eigenvalue weighted by Gasteiger charge is 2.29. The summed E-state index contributed by atoms with van der Waals surface area (Å²) in [4.78, 5) is 46.1. The van der Waals surface area contributed by atoms with Crippen molar-refractivity contribution in [2.45, 2.75) is 25.5 Å². The van der Waals surface area contributed by atoms with Crippen LogP contribution in [0.3, 0.4) is 0 Å². The fourth-order valence-electron chi connectivity index (χ4n) is 1.79. The minimum atomic E-state index is -1.40. The van der Waals surface area contributed by atoms with Gasteiger partial charge in [-0.1, -0.05) is 30.3 Å². The van der Waals surface area contributed by atoms with Gasteiger partial charge < -0.3 is 21.3 Å².